The van der Waals surface area contributed by atoms with Crippen molar-refractivity contribution in [3.05, 3.63) is 52.9 Å². The molecule has 1 N–H and O–H groups in total. The number of nitrogens with zero attached hydrogens (tertiary/aromatic N) is 5. The number of rotatable bonds is 8. The summed E-state index contributed by atoms with van der Waals surface area (Å²) in [5.41, 5.74) is 1.17. The fourth-order valence-corrected chi connectivity index (χ4v) is 3.50. The monoisotopic (exact) mass is 404 g/mol. The molecule has 0 spiro atoms. The highest BCUT2D eigenvalue weighted by Gasteiger charge is 2.18. The van der Waals surface area contributed by atoms with Crippen LogP contribution >= 0.6 is 11.8 Å². The van der Waals surface area contributed by atoms with Gasteiger partial charge in [-0.3, -0.25) is 4.79 Å². The normalized spacial score (nSPS) is 11.2. The summed E-state index contributed by atoms with van der Waals surface area (Å²) in [4.78, 5) is 12.2. The van der Waals surface area contributed by atoms with E-state index in [0.29, 0.717) is 40.5 Å². The van der Waals surface area contributed by atoms with Crippen LogP contribution in [0.4, 0.5) is 4.39 Å². The number of thioether (sulfide) groups is 1. The van der Waals surface area contributed by atoms with Gasteiger partial charge >= 0.3 is 0 Å². The molecule has 1 amide bonds. The van der Waals surface area contributed by atoms with Crippen molar-refractivity contribution in [1.29, 1.82) is 0 Å². The molecule has 0 bridgehead atoms. The van der Waals surface area contributed by atoms with Gasteiger partial charge in [-0.05, 0) is 29.6 Å². The zero-order chi connectivity index (χ0) is 20.1. The fraction of sp³-hybridized carbons (Fsp3) is 0.389. The first-order valence-corrected chi connectivity index (χ1v) is 9.80. The standard InChI is InChI=1S/C18H21FN6O2S/c1-11(2)9-25-15(8-20-17(26)16-12(3)23-27-24-16)21-22-18(25)28-10-13-6-4-5-7-14(13)19/h4-7,11H,8-10H2,1-3H3,(H,20,26). The molecule has 2 heterocycles. The Morgan fingerprint density at radius 2 is 2.07 bits per heavy atom. The number of hydrogen-bond donors (Lipinski definition) is 1. The van der Waals surface area contributed by atoms with Crippen LogP contribution in [0.1, 0.15) is 41.4 Å². The van der Waals surface area contributed by atoms with E-state index in [4.69, 9.17) is 0 Å². The summed E-state index contributed by atoms with van der Waals surface area (Å²) in [6.45, 7) is 6.67. The van der Waals surface area contributed by atoms with E-state index in [9.17, 15) is 9.18 Å². The Balaban J connectivity index is 1.71. The largest absolute Gasteiger partial charge is 0.343 e. The third kappa shape index (κ3) is 4.75. The van der Waals surface area contributed by atoms with Crippen molar-refractivity contribution < 1.29 is 13.8 Å². The minimum atomic E-state index is -0.390. The van der Waals surface area contributed by atoms with Gasteiger partial charge in [0.25, 0.3) is 5.91 Å². The van der Waals surface area contributed by atoms with Gasteiger partial charge in [0.15, 0.2) is 16.7 Å². The summed E-state index contributed by atoms with van der Waals surface area (Å²) in [6.07, 6.45) is 0. The molecule has 0 atom stereocenters. The molecule has 10 heteroatoms. The number of carbonyl (C=O) groups is 1. The molecular weight excluding hydrogens is 383 g/mol. The van der Waals surface area contributed by atoms with E-state index in [0.717, 1.165) is 0 Å². The van der Waals surface area contributed by atoms with Crippen molar-refractivity contribution in [1.82, 2.24) is 30.4 Å². The first kappa shape index (κ1) is 20.0. The Bertz CT molecular complexity index is 955. The SMILES string of the molecule is Cc1nonc1C(=O)NCc1nnc(SCc2ccccc2F)n1CC(C)C. The lowest BCUT2D eigenvalue weighted by atomic mass is 10.2. The molecule has 0 aliphatic rings. The van der Waals surface area contributed by atoms with Gasteiger partial charge in [-0.1, -0.05) is 49.0 Å². The lowest BCUT2D eigenvalue weighted by Crippen LogP contribution is -2.26. The Morgan fingerprint density at radius 1 is 1.29 bits per heavy atom. The van der Waals surface area contributed by atoms with Crippen molar-refractivity contribution >= 4 is 17.7 Å². The van der Waals surface area contributed by atoms with E-state index in [2.05, 4.69) is 44.3 Å². The Morgan fingerprint density at radius 3 is 2.75 bits per heavy atom. The highest BCUT2D eigenvalue weighted by atomic mass is 32.2. The number of nitrogens with one attached hydrogen (secondary N) is 1. The molecule has 28 heavy (non-hydrogen) atoms. The zero-order valence-corrected chi connectivity index (χ0v) is 16.7. The molecule has 148 valence electrons. The predicted molar refractivity (Wildman–Crippen MR) is 101 cm³/mol. The van der Waals surface area contributed by atoms with E-state index in [1.54, 1.807) is 25.1 Å². The molecule has 0 aliphatic heterocycles. The molecule has 8 nitrogen and oxygen atoms in total. The average molecular weight is 404 g/mol. The van der Waals surface area contributed by atoms with Crippen LogP contribution in [-0.2, 0) is 18.8 Å². The number of aromatic nitrogens is 5. The third-order valence-corrected chi connectivity index (χ3v) is 4.95. The summed E-state index contributed by atoms with van der Waals surface area (Å²) in [5, 5.41) is 19.1. The van der Waals surface area contributed by atoms with Crippen LogP contribution in [0.5, 0.6) is 0 Å². The van der Waals surface area contributed by atoms with Crippen LogP contribution in [0, 0.1) is 18.7 Å². The van der Waals surface area contributed by atoms with Crippen LogP contribution in [-0.4, -0.2) is 31.0 Å². The van der Waals surface area contributed by atoms with Crippen LogP contribution in [0.25, 0.3) is 0 Å². The molecule has 0 unspecified atom stereocenters. The second-order valence-electron chi connectivity index (χ2n) is 6.66. The summed E-state index contributed by atoms with van der Waals surface area (Å²) in [7, 11) is 0. The summed E-state index contributed by atoms with van der Waals surface area (Å²) >= 11 is 1.41. The van der Waals surface area contributed by atoms with Crippen molar-refractivity contribution in [3.8, 4) is 0 Å². The van der Waals surface area contributed by atoms with E-state index < -0.39 is 5.91 Å². The van der Waals surface area contributed by atoms with E-state index in [1.807, 2.05) is 4.57 Å². The second kappa shape index (κ2) is 8.96. The molecule has 1 aromatic carbocycles. The van der Waals surface area contributed by atoms with E-state index in [1.165, 1.54) is 17.8 Å². The quantitative estimate of drug-likeness (QED) is 0.576. The topological polar surface area (TPSA) is 98.7 Å². The van der Waals surface area contributed by atoms with Crippen molar-refractivity contribution in [2.24, 2.45) is 5.92 Å². The van der Waals surface area contributed by atoms with Crippen LogP contribution in [0.2, 0.25) is 0 Å². The van der Waals surface area contributed by atoms with E-state index >= 15 is 0 Å². The minimum absolute atomic E-state index is 0.143. The lowest BCUT2D eigenvalue weighted by Gasteiger charge is -2.13. The molecule has 3 rings (SSSR count). The molecule has 0 aliphatic carbocycles. The number of hydrogen-bond acceptors (Lipinski definition) is 7. The highest BCUT2D eigenvalue weighted by molar-refractivity contribution is 7.98. The van der Waals surface area contributed by atoms with Gasteiger partial charge in [0.05, 0.1) is 6.54 Å². The maximum Gasteiger partial charge on any atom is 0.275 e. The van der Waals surface area contributed by atoms with Gasteiger partial charge in [-0.15, -0.1) is 10.2 Å². The molecule has 2 aromatic heterocycles. The average Bonchev–Trinajstić information content (AvgIpc) is 3.25. The van der Waals surface area contributed by atoms with E-state index in [-0.39, 0.29) is 18.1 Å². The fourth-order valence-electron chi connectivity index (χ4n) is 2.54. The van der Waals surface area contributed by atoms with Crippen molar-refractivity contribution in [3.63, 3.8) is 0 Å². The maximum absolute atomic E-state index is 13.9. The van der Waals surface area contributed by atoms with Gasteiger partial charge in [0, 0.05) is 12.3 Å². The first-order chi connectivity index (χ1) is 13.5. The summed E-state index contributed by atoms with van der Waals surface area (Å²) < 4.78 is 20.4. The van der Waals surface area contributed by atoms with Gasteiger partial charge in [-0.25, -0.2) is 9.02 Å². The Hall–Kier alpha value is -2.75. The van der Waals surface area contributed by atoms with Crippen LogP contribution in [0.15, 0.2) is 34.1 Å². The van der Waals surface area contributed by atoms with Gasteiger partial charge < -0.3 is 9.88 Å². The molecule has 0 saturated carbocycles. The Kier molecular flexibility index (Phi) is 6.40. The van der Waals surface area contributed by atoms with Gasteiger partial charge in [0.2, 0.25) is 0 Å². The first-order valence-electron chi connectivity index (χ1n) is 8.81. The van der Waals surface area contributed by atoms with Crippen LogP contribution < -0.4 is 5.32 Å². The zero-order valence-electron chi connectivity index (χ0n) is 15.8. The molecular formula is C18H21FN6O2S. The lowest BCUT2D eigenvalue weighted by molar-refractivity contribution is 0.0939. The highest BCUT2D eigenvalue weighted by Crippen LogP contribution is 2.24. The number of halogens is 1. The number of amides is 1. The summed E-state index contributed by atoms with van der Waals surface area (Å²) in [6, 6.07) is 6.66. The third-order valence-electron chi connectivity index (χ3n) is 3.93. The van der Waals surface area contributed by atoms with Gasteiger partial charge in [-0.2, -0.15) is 0 Å². The van der Waals surface area contributed by atoms with Gasteiger partial charge in [0.1, 0.15) is 11.5 Å². The Labute approximate surface area is 165 Å². The molecule has 0 saturated heterocycles. The summed E-state index contributed by atoms with van der Waals surface area (Å²) in [5.74, 6) is 0.777. The molecule has 0 fully saturated rings. The van der Waals surface area contributed by atoms with Crippen LogP contribution in [0.3, 0.4) is 0 Å². The minimum Gasteiger partial charge on any atom is -0.343 e. The number of aryl methyl sites for hydroxylation is 1. The number of carbonyl (C=O) groups excluding carboxylic acids is 1. The number of benzene rings is 1. The van der Waals surface area contributed by atoms with Crippen molar-refractivity contribution in [2.75, 3.05) is 0 Å². The second-order valence-corrected chi connectivity index (χ2v) is 7.61. The molecule has 3 aromatic rings. The molecule has 0 radical (unpaired) electrons. The van der Waals surface area contributed by atoms with Crippen molar-refractivity contribution in [2.45, 2.75) is 44.8 Å². The predicted octanol–water partition coefficient (Wildman–Crippen LogP) is 2.99. The smallest absolute Gasteiger partial charge is 0.275 e. The maximum atomic E-state index is 13.9.